The van der Waals surface area contributed by atoms with E-state index in [4.69, 9.17) is 11.6 Å². The van der Waals surface area contributed by atoms with Gasteiger partial charge in [0.05, 0.1) is 0 Å². The van der Waals surface area contributed by atoms with E-state index < -0.39 is 0 Å². The fourth-order valence-electron chi connectivity index (χ4n) is 1.65. The number of aromatic nitrogens is 5. The predicted octanol–water partition coefficient (Wildman–Crippen LogP) is 2.69. The van der Waals surface area contributed by atoms with Gasteiger partial charge in [0.2, 0.25) is 5.28 Å². The van der Waals surface area contributed by atoms with Gasteiger partial charge in [-0.2, -0.15) is 9.67 Å². The van der Waals surface area contributed by atoms with Gasteiger partial charge in [0, 0.05) is 18.0 Å². The minimum Gasteiger partial charge on any atom is -0.220 e. The predicted molar refractivity (Wildman–Crippen MR) is 72.1 cm³/mol. The van der Waals surface area contributed by atoms with Gasteiger partial charge < -0.3 is 0 Å². The molecule has 0 unspecified atom stereocenters. The lowest BCUT2D eigenvalue weighted by atomic mass is 10.1. The first-order valence-electron chi connectivity index (χ1n) is 5.71. The summed E-state index contributed by atoms with van der Waals surface area (Å²) in [7, 11) is 0. The first-order valence-corrected chi connectivity index (χ1v) is 6.09. The van der Waals surface area contributed by atoms with Crippen LogP contribution in [0, 0.1) is 6.92 Å². The van der Waals surface area contributed by atoms with Crippen LogP contribution in [0.5, 0.6) is 0 Å². The van der Waals surface area contributed by atoms with E-state index in [0.717, 1.165) is 5.56 Å². The Morgan fingerprint density at radius 2 is 1.74 bits per heavy atom. The van der Waals surface area contributed by atoms with E-state index in [1.54, 1.807) is 18.5 Å². The highest BCUT2D eigenvalue weighted by molar-refractivity contribution is 6.28. The number of halogens is 1. The molecular formula is C13H10ClN5. The van der Waals surface area contributed by atoms with Crippen LogP contribution in [0.4, 0.5) is 0 Å². The lowest BCUT2D eigenvalue weighted by Gasteiger charge is -1.97. The topological polar surface area (TPSA) is 56.5 Å². The maximum atomic E-state index is 6.07. The van der Waals surface area contributed by atoms with Crippen molar-refractivity contribution in [1.82, 2.24) is 24.7 Å². The zero-order chi connectivity index (χ0) is 13.2. The summed E-state index contributed by atoms with van der Waals surface area (Å²) < 4.78 is 1.41. The third kappa shape index (κ3) is 2.32. The summed E-state index contributed by atoms with van der Waals surface area (Å²) in [5.41, 5.74) is 2.09. The second-order valence-corrected chi connectivity index (χ2v) is 4.37. The second kappa shape index (κ2) is 4.78. The maximum Gasteiger partial charge on any atom is 0.253 e. The Morgan fingerprint density at radius 1 is 1.05 bits per heavy atom. The van der Waals surface area contributed by atoms with Gasteiger partial charge in [0.25, 0.3) is 5.95 Å². The lowest BCUT2D eigenvalue weighted by molar-refractivity contribution is 0.809. The fourth-order valence-corrected chi connectivity index (χ4v) is 1.84. The van der Waals surface area contributed by atoms with Crippen LogP contribution in [-0.4, -0.2) is 24.7 Å². The summed E-state index contributed by atoms with van der Waals surface area (Å²) >= 11 is 6.07. The van der Waals surface area contributed by atoms with E-state index in [1.165, 1.54) is 10.2 Å². The molecule has 0 N–H and O–H groups in total. The Balaban J connectivity index is 2.04. The van der Waals surface area contributed by atoms with Crippen molar-refractivity contribution in [2.75, 3.05) is 0 Å². The van der Waals surface area contributed by atoms with Crippen LogP contribution in [0.15, 0.2) is 42.7 Å². The average molecular weight is 272 g/mol. The van der Waals surface area contributed by atoms with Crippen molar-refractivity contribution >= 4 is 11.6 Å². The van der Waals surface area contributed by atoms with E-state index in [1.807, 2.05) is 31.2 Å². The normalized spacial score (nSPS) is 10.6. The molecule has 0 aliphatic heterocycles. The highest BCUT2D eigenvalue weighted by atomic mass is 35.5. The fraction of sp³-hybridized carbons (Fsp3) is 0.0769. The Morgan fingerprint density at radius 3 is 2.42 bits per heavy atom. The van der Waals surface area contributed by atoms with Crippen LogP contribution in [0.3, 0.4) is 0 Å². The molecule has 0 saturated carbocycles. The van der Waals surface area contributed by atoms with Crippen LogP contribution in [0.25, 0.3) is 17.3 Å². The number of hydrogen-bond acceptors (Lipinski definition) is 4. The number of hydrogen-bond donors (Lipinski definition) is 0. The van der Waals surface area contributed by atoms with Crippen molar-refractivity contribution in [3.63, 3.8) is 0 Å². The largest absolute Gasteiger partial charge is 0.253 e. The van der Waals surface area contributed by atoms with Crippen molar-refractivity contribution in [2.24, 2.45) is 0 Å². The summed E-state index contributed by atoms with van der Waals surface area (Å²) in [6.07, 6.45) is 3.26. The van der Waals surface area contributed by atoms with Crippen molar-refractivity contribution in [3.05, 3.63) is 53.6 Å². The van der Waals surface area contributed by atoms with E-state index in [2.05, 4.69) is 20.1 Å². The second-order valence-electron chi connectivity index (χ2n) is 4.03. The smallest absolute Gasteiger partial charge is 0.220 e. The molecule has 2 aromatic heterocycles. The highest BCUT2D eigenvalue weighted by Crippen LogP contribution is 2.19. The Kier molecular flexibility index (Phi) is 2.97. The molecule has 19 heavy (non-hydrogen) atoms. The molecule has 1 aromatic carbocycles. The zero-order valence-electron chi connectivity index (χ0n) is 10.2. The van der Waals surface area contributed by atoms with Gasteiger partial charge in [0.15, 0.2) is 5.82 Å². The van der Waals surface area contributed by atoms with Crippen LogP contribution in [0.1, 0.15) is 5.56 Å². The molecule has 0 bridgehead atoms. The van der Waals surface area contributed by atoms with Gasteiger partial charge in [-0.1, -0.05) is 29.8 Å². The number of rotatable bonds is 2. The Labute approximate surface area is 114 Å². The molecule has 0 amide bonds. The van der Waals surface area contributed by atoms with Crippen LogP contribution in [-0.2, 0) is 0 Å². The molecule has 3 aromatic rings. The van der Waals surface area contributed by atoms with Gasteiger partial charge in [0.1, 0.15) is 0 Å². The summed E-state index contributed by atoms with van der Waals surface area (Å²) in [6.45, 7) is 2.03. The third-order valence-electron chi connectivity index (χ3n) is 2.62. The minimum absolute atomic E-state index is 0.238. The van der Waals surface area contributed by atoms with Gasteiger partial charge in [-0.05, 0) is 24.6 Å². The first kappa shape index (κ1) is 11.8. The van der Waals surface area contributed by atoms with Crippen molar-refractivity contribution in [1.29, 1.82) is 0 Å². The van der Waals surface area contributed by atoms with Gasteiger partial charge in [-0.15, -0.1) is 5.10 Å². The molecule has 0 saturated heterocycles. The molecule has 3 rings (SSSR count). The standard InChI is InChI=1S/C13H10ClN5/c1-9-3-5-10(6-4-9)11-17-12(14)19(18-11)13-15-7-2-8-16-13/h2-8H,1H3. The molecule has 0 spiro atoms. The molecule has 0 radical (unpaired) electrons. The summed E-state index contributed by atoms with van der Waals surface area (Å²) in [6, 6.07) is 9.65. The van der Waals surface area contributed by atoms with Crippen LogP contribution < -0.4 is 0 Å². The molecule has 0 aliphatic rings. The minimum atomic E-state index is 0.238. The number of nitrogens with zero attached hydrogens (tertiary/aromatic N) is 5. The number of aryl methyl sites for hydroxylation is 1. The monoisotopic (exact) mass is 271 g/mol. The zero-order valence-corrected chi connectivity index (χ0v) is 10.9. The third-order valence-corrected chi connectivity index (χ3v) is 2.86. The molecule has 0 atom stereocenters. The van der Waals surface area contributed by atoms with E-state index >= 15 is 0 Å². The first-order chi connectivity index (χ1) is 9.24. The maximum absolute atomic E-state index is 6.07. The van der Waals surface area contributed by atoms with Gasteiger partial charge in [-0.3, -0.25) is 0 Å². The molecule has 5 nitrogen and oxygen atoms in total. The quantitative estimate of drug-likeness (QED) is 0.719. The van der Waals surface area contributed by atoms with Crippen LogP contribution in [0.2, 0.25) is 5.28 Å². The Bertz CT molecular complexity index is 691. The number of benzene rings is 1. The lowest BCUT2D eigenvalue weighted by Crippen LogP contribution is -2.02. The highest BCUT2D eigenvalue weighted by Gasteiger charge is 2.12. The van der Waals surface area contributed by atoms with E-state index in [0.29, 0.717) is 11.8 Å². The van der Waals surface area contributed by atoms with E-state index in [-0.39, 0.29) is 5.28 Å². The molecule has 94 valence electrons. The summed E-state index contributed by atoms with van der Waals surface area (Å²) in [5, 5.41) is 4.57. The molecule has 0 aliphatic carbocycles. The van der Waals surface area contributed by atoms with Crippen LogP contribution >= 0.6 is 11.6 Å². The average Bonchev–Trinajstić information content (AvgIpc) is 2.83. The van der Waals surface area contributed by atoms with E-state index in [9.17, 15) is 0 Å². The van der Waals surface area contributed by atoms with Crippen molar-refractivity contribution < 1.29 is 0 Å². The molecule has 0 fully saturated rings. The molecule has 6 heteroatoms. The van der Waals surface area contributed by atoms with Crippen molar-refractivity contribution in [3.8, 4) is 17.3 Å². The summed E-state index contributed by atoms with van der Waals surface area (Å²) in [4.78, 5) is 12.4. The van der Waals surface area contributed by atoms with Gasteiger partial charge in [-0.25, -0.2) is 9.97 Å². The van der Waals surface area contributed by atoms with Gasteiger partial charge >= 0.3 is 0 Å². The Hall–Kier alpha value is -2.27. The molecular weight excluding hydrogens is 262 g/mol. The SMILES string of the molecule is Cc1ccc(-c2nc(Cl)n(-c3ncccn3)n2)cc1. The summed E-state index contributed by atoms with van der Waals surface area (Å²) in [5.74, 6) is 0.954. The molecule has 2 heterocycles. The van der Waals surface area contributed by atoms with Crippen molar-refractivity contribution in [2.45, 2.75) is 6.92 Å².